The predicted molar refractivity (Wildman–Crippen MR) is 54.6 cm³/mol. The fourth-order valence-corrected chi connectivity index (χ4v) is 1.12. The van der Waals surface area contributed by atoms with E-state index < -0.39 is 11.9 Å². The third kappa shape index (κ3) is 4.74. The van der Waals surface area contributed by atoms with Gasteiger partial charge in [0.1, 0.15) is 5.78 Å². The summed E-state index contributed by atoms with van der Waals surface area (Å²) in [6, 6.07) is 0. The van der Waals surface area contributed by atoms with Crippen LogP contribution in [-0.2, 0) is 9.59 Å². The maximum Gasteiger partial charge on any atom is 0.306 e. The highest BCUT2D eigenvalue weighted by molar-refractivity contribution is 5.80. The Morgan fingerprint density at radius 1 is 1.50 bits per heavy atom. The molecular formula is C10H17NO3. The zero-order chi connectivity index (χ0) is 11.1. The maximum absolute atomic E-state index is 10.9. The number of carboxylic acid groups (broad SMARTS) is 1. The van der Waals surface area contributed by atoms with Gasteiger partial charge in [-0.05, 0) is 26.0 Å². The van der Waals surface area contributed by atoms with Crippen LogP contribution in [0, 0.1) is 11.8 Å². The van der Waals surface area contributed by atoms with Crippen LogP contribution in [0.2, 0.25) is 0 Å². The summed E-state index contributed by atoms with van der Waals surface area (Å²) < 4.78 is 0. The third-order valence-corrected chi connectivity index (χ3v) is 2.25. The number of nitrogens with zero attached hydrogens (tertiary/aromatic N) is 1. The summed E-state index contributed by atoms with van der Waals surface area (Å²) >= 11 is 0. The van der Waals surface area contributed by atoms with E-state index in [4.69, 9.17) is 5.11 Å². The molecule has 0 aromatic rings. The third-order valence-electron chi connectivity index (χ3n) is 2.25. The van der Waals surface area contributed by atoms with Gasteiger partial charge in [0.2, 0.25) is 0 Å². The Bertz CT molecular complexity index is 236. The molecule has 4 heteroatoms. The summed E-state index contributed by atoms with van der Waals surface area (Å²) in [5.74, 6) is -1.53. The van der Waals surface area contributed by atoms with Crippen LogP contribution in [0.5, 0.6) is 0 Å². The number of hydrogen-bond acceptors (Lipinski definition) is 3. The highest BCUT2D eigenvalue weighted by Gasteiger charge is 2.21. The molecule has 1 N–H and O–H groups in total. The van der Waals surface area contributed by atoms with Crippen LogP contribution < -0.4 is 0 Å². The fraction of sp³-hybridized carbons (Fsp3) is 0.700. The van der Waals surface area contributed by atoms with Crippen LogP contribution in [-0.4, -0.2) is 30.1 Å². The SMILES string of the molecule is CN=CCC(CC(C)C(C)=O)C(=O)O. The number of rotatable bonds is 6. The van der Waals surface area contributed by atoms with E-state index >= 15 is 0 Å². The number of carboxylic acids is 1. The molecule has 0 fully saturated rings. The van der Waals surface area contributed by atoms with E-state index in [1.165, 1.54) is 6.92 Å². The van der Waals surface area contributed by atoms with E-state index in [-0.39, 0.29) is 11.7 Å². The molecule has 0 aliphatic heterocycles. The predicted octanol–water partition coefficient (Wildman–Crippen LogP) is 1.39. The van der Waals surface area contributed by atoms with Crippen molar-refractivity contribution in [1.29, 1.82) is 0 Å². The summed E-state index contributed by atoms with van der Waals surface area (Å²) in [7, 11) is 1.60. The van der Waals surface area contributed by atoms with Crippen molar-refractivity contribution in [3.8, 4) is 0 Å². The topological polar surface area (TPSA) is 66.7 Å². The molecule has 0 bridgehead atoms. The maximum atomic E-state index is 10.9. The summed E-state index contributed by atoms with van der Waals surface area (Å²) in [5, 5.41) is 8.86. The van der Waals surface area contributed by atoms with E-state index in [1.54, 1.807) is 20.2 Å². The molecule has 2 unspecified atom stereocenters. The summed E-state index contributed by atoms with van der Waals surface area (Å²) in [6.45, 7) is 3.23. The Kier molecular flexibility index (Phi) is 5.76. The number of ketones is 1. The van der Waals surface area contributed by atoms with Crippen molar-refractivity contribution < 1.29 is 14.7 Å². The van der Waals surface area contributed by atoms with Crippen LogP contribution >= 0.6 is 0 Å². The first-order chi connectivity index (χ1) is 6.49. The molecule has 14 heavy (non-hydrogen) atoms. The van der Waals surface area contributed by atoms with Crippen molar-refractivity contribution in [3.63, 3.8) is 0 Å². The van der Waals surface area contributed by atoms with Crippen LogP contribution in [0.3, 0.4) is 0 Å². The fourth-order valence-electron chi connectivity index (χ4n) is 1.12. The largest absolute Gasteiger partial charge is 0.481 e. The van der Waals surface area contributed by atoms with E-state index in [2.05, 4.69) is 4.99 Å². The molecule has 0 amide bonds. The molecule has 0 aromatic heterocycles. The highest BCUT2D eigenvalue weighted by atomic mass is 16.4. The van der Waals surface area contributed by atoms with E-state index in [9.17, 15) is 9.59 Å². The van der Waals surface area contributed by atoms with Gasteiger partial charge < -0.3 is 10.1 Å². The van der Waals surface area contributed by atoms with Gasteiger partial charge in [-0.25, -0.2) is 0 Å². The van der Waals surface area contributed by atoms with Crippen LogP contribution in [0.1, 0.15) is 26.7 Å². The van der Waals surface area contributed by atoms with Crippen LogP contribution in [0.15, 0.2) is 4.99 Å². The number of aliphatic carboxylic acids is 1. The number of Topliss-reactive ketones (excluding diaryl/α,β-unsaturated/α-hetero) is 1. The van der Waals surface area contributed by atoms with Crippen molar-refractivity contribution in [2.24, 2.45) is 16.8 Å². The van der Waals surface area contributed by atoms with Crippen molar-refractivity contribution in [3.05, 3.63) is 0 Å². The molecule has 0 radical (unpaired) electrons. The van der Waals surface area contributed by atoms with Gasteiger partial charge in [-0.3, -0.25) is 9.59 Å². The van der Waals surface area contributed by atoms with Gasteiger partial charge in [-0.15, -0.1) is 0 Å². The lowest BCUT2D eigenvalue weighted by Gasteiger charge is -2.13. The number of hydrogen-bond donors (Lipinski definition) is 1. The molecule has 0 spiro atoms. The average molecular weight is 199 g/mol. The first-order valence-electron chi connectivity index (χ1n) is 4.62. The molecule has 0 saturated carbocycles. The molecule has 2 atom stereocenters. The van der Waals surface area contributed by atoms with Crippen molar-refractivity contribution in [2.75, 3.05) is 7.05 Å². The molecule has 0 rings (SSSR count). The lowest BCUT2D eigenvalue weighted by Crippen LogP contribution is -2.20. The second-order valence-electron chi connectivity index (χ2n) is 3.46. The van der Waals surface area contributed by atoms with E-state index in [0.29, 0.717) is 12.8 Å². The van der Waals surface area contributed by atoms with Gasteiger partial charge in [-0.2, -0.15) is 0 Å². The Labute approximate surface area is 84.0 Å². The first-order valence-corrected chi connectivity index (χ1v) is 4.62. The normalized spacial score (nSPS) is 15.4. The summed E-state index contributed by atoms with van der Waals surface area (Å²) in [4.78, 5) is 25.5. The zero-order valence-electron chi connectivity index (χ0n) is 8.86. The second kappa shape index (κ2) is 6.29. The van der Waals surface area contributed by atoms with Gasteiger partial charge in [0, 0.05) is 13.0 Å². The summed E-state index contributed by atoms with van der Waals surface area (Å²) in [5.41, 5.74) is 0. The lowest BCUT2D eigenvalue weighted by atomic mass is 9.91. The molecule has 0 aromatic carbocycles. The number of carbonyl (C=O) groups is 2. The molecule has 0 saturated heterocycles. The Morgan fingerprint density at radius 3 is 2.43 bits per heavy atom. The smallest absolute Gasteiger partial charge is 0.306 e. The minimum absolute atomic E-state index is 0.0321. The minimum atomic E-state index is -0.863. The second-order valence-corrected chi connectivity index (χ2v) is 3.46. The molecule has 80 valence electrons. The first kappa shape index (κ1) is 12.8. The van der Waals surface area contributed by atoms with Gasteiger partial charge >= 0.3 is 5.97 Å². The number of aliphatic imine (C=N–C) groups is 1. The lowest BCUT2D eigenvalue weighted by molar-refractivity contribution is -0.142. The Balaban J connectivity index is 4.22. The van der Waals surface area contributed by atoms with Crippen molar-refractivity contribution >= 4 is 18.0 Å². The quantitative estimate of drug-likeness (QED) is 0.657. The monoisotopic (exact) mass is 199 g/mol. The van der Waals surface area contributed by atoms with Gasteiger partial charge in [-0.1, -0.05) is 6.92 Å². The number of carbonyl (C=O) groups excluding carboxylic acids is 1. The van der Waals surface area contributed by atoms with Gasteiger partial charge in [0.05, 0.1) is 5.92 Å². The van der Waals surface area contributed by atoms with Crippen molar-refractivity contribution in [1.82, 2.24) is 0 Å². The molecule has 4 nitrogen and oxygen atoms in total. The molecular weight excluding hydrogens is 182 g/mol. The highest BCUT2D eigenvalue weighted by Crippen LogP contribution is 2.15. The molecule has 0 aliphatic rings. The molecule has 0 heterocycles. The van der Waals surface area contributed by atoms with Crippen molar-refractivity contribution in [2.45, 2.75) is 26.7 Å². The minimum Gasteiger partial charge on any atom is -0.481 e. The van der Waals surface area contributed by atoms with Gasteiger partial charge in [0.25, 0.3) is 0 Å². The average Bonchev–Trinajstić information content (AvgIpc) is 2.10. The van der Waals surface area contributed by atoms with Gasteiger partial charge in [0.15, 0.2) is 0 Å². The zero-order valence-corrected chi connectivity index (χ0v) is 8.86. The molecule has 0 aliphatic carbocycles. The van der Waals surface area contributed by atoms with Crippen LogP contribution in [0.25, 0.3) is 0 Å². The van der Waals surface area contributed by atoms with Crippen LogP contribution in [0.4, 0.5) is 0 Å². The Morgan fingerprint density at radius 2 is 2.07 bits per heavy atom. The summed E-state index contributed by atoms with van der Waals surface area (Å²) in [6.07, 6.45) is 2.35. The van der Waals surface area contributed by atoms with E-state index in [1.807, 2.05) is 0 Å². The van der Waals surface area contributed by atoms with E-state index in [0.717, 1.165) is 0 Å². The Hall–Kier alpha value is -1.19. The standard InChI is InChI=1S/C10H17NO3/c1-7(8(2)12)6-9(10(13)14)4-5-11-3/h5,7,9H,4,6H2,1-3H3,(H,13,14).